The SMILES string of the molecule is O=S(=O)(O)c1cccc(P(c2ccccc2C(F)(F)F)c2ccccc2C(F)(F)F)c1.[Na]. The van der Waals surface area contributed by atoms with Crippen LogP contribution in [-0.2, 0) is 22.5 Å². The van der Waals surface area contributed by atoms with Gasteiger partial charge in [-0.3, -0.25) is 4.55 Å². The molecule has 0 saturated heterocycles. The van der Waals surface area contributed by atoms with Crippen LogP contribution in [0.3, 0.4) is 0 Å². The van der Waals surface area contributed by atoms with E-state index in [0.717, 1.165) is 54.6 Å². The summed E-state index contributed by atoms with van der Waals surface area (Å²) in [6.07, 6.45) is -9.71. The second kappa shape index (κ2) is 9.83. The topological polar surface area (TPSA) is 54.4 Å². The van der Waals surface area contributed by atoms with Crippen LogP contribution in [0.2, 0.25) is 0 Å². The molecule has 3 nitrogen and oxygen atoms in total. The molecule has 0 heterocycles. The third-order valence-electron chi connectivity index (χ3n) is 4.27. The van der Waals surface area contributed by atoms with Gasteiger partial charge < -0.3 is 0 Å². The zero-order valence-electron chi connectivity index (χ0n) is 16.3. The summed E-state index contributed by atoms with van der Waals surface area (Å²) in [7, 11) is -7.23. The van der Waals surface area contributed by atoms with Crippen LogP contribution < -0.4 is 15.9 Å². The molecule has 1 N–H and O–H groups in total. The minimum Gasteiger partial charge on any atom is -0.282 e. The molecule has 0 unspecified atom stereocenters. The Morgan fingerprint density at radius 1 is 0.688 bits per heavy atom. The van der Waals surface area contributed by atoms with Crippen LogP contribution in [0.25, 0.3) is 0 Å². The molecule has 0 aliphatic rings. The van der Waals surface area contributed by atoms with E-state index in [4.69, 9.17) is 0 Å². The number of halogens is 6. The van der Waals surface area contributed by atoms with Crippen molar-refractivity contribution in [2.45, 2.75) is 17.2 Å². The molecule has 0 aromatic heterocycles. The van der Waals surface area contributed by atoms with Gasteiger partial charge in [-0.25, -0.2) is 0 Å². The smallest absolute Gasteiger partial charge is 0.282 e. The maximum Gasteiger partial charge on any atom is 0.417 e. The van der Waals surface area contributed by atoms with Crippen molar-refractivity contribution in [1.82, 2.24) is 0 Å². The molecule has 0 atom stereocenters. The van der Waals surface area contributed by atoms with Crippen LogP contribution in [0, 0.1) is 0 Å². The molecular formula is C20H13F6NaO3PS. The van der Waals surface area contributed by atoms with Gasteiger partial charge in [0, 0.05) is 29.6 Å². The summed E-state index contributed by atoms with van der Waals surface area (Å²) >= 11 is 0. The molecular weight excluding hydrogens is 488 g/mol. The molecule has 12 heteroatoms. The van der Waals surface area contributed by atoms with Crippen molar-refractivity contribution in [1.29, 1.82) is 0 Å². The van der Waals surface area contributed by atoms with Crippen molar-refractivity contribution in [2.24, 2.45) is 0 Å². The van der Waals surface area contributed by atoms with Gasteiger partial charge in [-0.1, -0.05) is 48.5 Å². The van der Waals surface area contributed by atoms with Crippen molar-refractivity contribution < 1.29 is 39.3 Å². The van der Waals surface area contributed by atoms with E-state index < -0.39 is 57.0 Å². The fraction of sp³-hybridized carbons (Fsp3) is 0.100. The Morgan fingerprint density at radius 2 is 1.12 bits per heavy atom. The standard InChI is InChI=1S/C20H13F6O3PS.Na/c21-19(22,23)15-8-1-3-10-17(15)30(13-6-5-7-14(12-13)31(27,28)29)18-11-4-2-9-16(18)20(24,25)26;/h1-12H,(H,27,28,29);. The first-order chi connectivity index (χ1) is 14.3. The molecule has 3 aromatic carbocycles. The second-order valence-electron chi connectivity index (χ2n) is 6.34. The van der Waals surface area contributed by atoms with Crippen LogP contribution in [-0.4, -0.2) is 42.5 Å². The van der Waals surface area contributed by atoms with Crippen LogP contribution in [0.15, 0.2) is 77.7 Å². The van der Waals surface area contributed by atoms with Crippen molar-refractivity contribution >= 4 is 63.5 Å². The summed E-state index contributed by atoms with van der Waals surface area (Å²) in [4.78, 5) is -0.633. The summed E-state index contributed by atoms with van der Waals surface area (Å²) in [6, 6.07) is 12.7. The first-order valence-electron chi connectivity index (χ1n) is 8.50. The zero-order chi connectivity index (χ0) is 23.0. The number of hydrogen-bond donors (Lipinski definition) is 1. The molecule has 0 aliphatic heterocycles. The van der Waals surface area contributed by atoms with E-state index in [1.165, 1.54) is 18.2 Å². The first kappa shape index (κ1) is 26.8. The minimum absolute atomic E-state index is 0. The maximum absolute atomic E-state index is 13.7. The van der Waals surface area contributed by atoms with Gasteiger partial charge in [-0.2, -0.15) is 34.8 Å². The molecule has 0 aliphatic carbocycles. The van der Waals surface area contributed by atoms with Crippen LogP contribution >= 0.6 is 7.92 Å². The second-order valence-corrected chi connectivity index (χ2v) is 9.91. The van der Waals surface area contributed by atoms with Gasteiger partial charge in [-0.05, 0) is 48.1 Å². The number of hydrogen-bond acceptors (Lipinski definition) is 2. The van der Waals surface area contributed by atoms with Gasteiger partial charge in [-0.15, -0.1) is 0 Å². The van der Waals surface area contributed by atoms with Gasteiger partial charge in [0.2, 0.25) is 0 Å². The Labute approximate surface area is 203 Å². The van der Waals surface area contributed by atoms with Gasteiger partial charge >= 0.3 is 12.4 Å². The van der Waals surface area contributed by atoms with E-state index in [-0.39, 0.29) is 34.9 Å². The Bertz CT molecular complexity index is 1150. The summed E-state index contributed by atoms with van der Waals surface area (Å²) in [6.45, 7) is 0. The van der Waals surface area contributed by atoms with Crippen LogP contribution in [0.4, 0.5) is 26.3 Å². The largest absolute Gasteiger partial charge is 0.417 e. The van der Waals surface area contributed by atoms with E-state index in [1.54, 1.807) is 0 Å². The Hall–Kier alpha value is -1.42. The first-order valence-corrected chi connectivity index (χ1v) is 11.3. The van der Waals surface area contributed by atoms with Gasteiger partial charge in [0.15, 0.2) is 0 Å². The molecule has 0 saturated carbocycles. The maximum atomic E-state index is 13.7. The average molecular weight is 501 g/mol. The Balaban J connectivity index is 0.00000363. The molecule has 165 valence electrons. The van der Waals surface area contributed by atoms with Gasteiger partial charge in [0.25, 0.3) is 10.1 Å². The van der Waals surface area contributed by atoms with E-state index in [2.05, 4.69) is 0 Å². The molecule has 0 fully saturated rings. The fourth-order valence-corrected chi connectivity index (χ4v) is 6.30. The third kappa shape index (κ3) is 5.92. The Morgan fingerprint density at radius 3 is 1.53 bits per heavy atom. The molecule has 3 aromatic rings. The number of alkyl halides is 6. The average Bonchev–Trinajstić information content (AvgIpc) is 2.67. The van der Waals surface area contributed by atoms with E-state index in [1.807, 2.05) is 0 Å². The van der Waals surface area contributed by atoms with Crippen molar-refractivity contribution in [3.8, 4) is 0 Å². The third-order valence-corrected chi connectivity index (χ3v) is 7.66. The Kier molecular flexibility index (Phi) is 8.24. The number of rotatable bonds is 4. The zero-order valence-corrected chi connectivity index (χ0v) is 20.0. The molecule has 0 amide bonds. The minimum atomic E-state index is -4.86. The summed E-state index contributed by atoms with van der Waals surface area (Å²) in [5.41, 5.74) is -2.26. The van der Waals surface area contributed by atoms with E-state index in [9.17, 15) is 39.3 Å². The summed E-state index contributed by atoms with van der Waals surface area (Å²) < 4.78 is 115. The molecule has 3 rings (SSSR count). The van der Waals surface area contributed by atoms with Crippen LogP contribution in [0.5, 0.6) is 0 Å². The van der Waals surface area contributed by atoms with E-state index in [0.29, 0.717) is 0 Å². The quantitative estimate of drug-likeness (QED) is 0.251. The molecule has 1 radical (unpaired) electrons. The predicted octanol–water partition coefficient (Wildman–Crippen LogP) is 4.35. The predicted molar refractivity (Wildman–Crippen MR) is 111 cm³/mol. The monoisotopic (exact) mass is 501 g/mol. The van der Waals surface area contributed by atoms with E-state index >= 15 is 0 Å². The van der Waals surface area contributed by atoms with Crippen LogP contribution in [0.1, 0.15) is 11.1 Å². The molecule has 0 bridgehead atoms. The fourth-order valence-electron chi connectivity index (χ4n) is 3.01. The van der Waals surface area contributed by atoms with Gasteiger partial charge in [0.1, 0.15) is 0 Å². The van der Waals surface area contributed by atoms with Crippen molar-refractivity contribution in [2.75, 3.05) is 0 Å². The summed E-state index contributed by atoms with van der Waals surface area (Å²) in [5.74, 6) is 0. The molecule has 32 heavy (non-hydrogen) atoms. The number of benzene rings is 3. The van der Waals surface area contributed by atoms with Crippen molar-refractivity contribution in [3.05, 3.63) is 83.9 Å². The van der Waals surface area contributed by atoms with Gasteiger partial charge in [0.05, 0.1) is 16.0 Å². The normalized spacial score (nSPS) is 12.5. The van der Waals surface area contributed by atoms with Crippen molar-refractivity contribution in [3.63, 3.8) is 0 Å². The molecule has 0 spiro atoms. The summed E-state index contributed by atoms with van der Waals surface area (Å²) in [5, 5.41) is -0.943.